The number of phenolic OH excluding ortho intramolecular Hbond substituents is 1. The second kappa shape index (κ2) is 28.5. The lowest BCUT2D eigenvalue weighted by Crippen LogP contribution is -2.28. The Morgan fingerprint density at radius 2 is 0.778 bits per heavy atom. The third-order valence-electron chi connectivity index (χ3n) is 15.4. The fraction of sp³-hybridized carbons (Fsp3) is 0.0986. The molecule has 99 heavy (non-hydrogen) atoms. The number of carbonyl (C=O) groups excluding carboxylic acids is 3. The van der Waals surface area contributed by atoms with Gasteiger partial charge in [-0.3, -0.25) is 54.8 Å². The highest BCUT2D eigenvalue weighted by Crippen LogP contribution is 2.47. The number of carbonyl (C=O) groups is 3. The number of aromatic hydroxyl groups is 1. The van der Waals surface area contributed by atoms with Gasteiger partial charge in [0.2, 0.25) is 34.7 Å². The molecule has 0 aromatic heterocycles. The molecule has 0 bridgehead atoms. The Hall–Kier alpha value is -13.1. The molecule has 2 aliphatic rings. The summed E-state index contributed by atoms with van der Waals surface area (Å²) in [5, 5.41) is 55.8. The van der Waals surface area contributed by atoms with E-state index in [-0.39, 0.29) is 53.1 Å². The van der Waals surface area contributed by atoms with Crippen LogP contribution in [0, 0.1) is 64.5 Å². The van der Waals surface area contributed by atoms with E-state index in [1.165, 1.54) is 48.5 Å². The molecular weight excluding hydrogens is 1300 g/mol. The molecule has 2 saturated heterocycles. The van der Waals surface area contributed by atoms with E-state index in [4.69, 9.17) is 44.5 Å². The fourth-order valence-corrected chi connectivity index (χ4v) is 10.6. The minimum Gasteiger partial charge on any atom is -0.508 e. The van der Waals surface area contributed by atoms with Crippen LogP contribution in [0.5, 0.6) is 46.0 Å². The first-order chi connectivity index (χ1) is 47.6. The topological polar surface area (TPSA) is 322 Å². The molecule has 25 nitrogen and oxygen atoms in total. The predicted molar refractivity (Wildman–Crippen MR) is 341 cm³/mol. The van der Waals surface area contributed by atoms with Crippen LogP contribution in [0.1, 0.15) is 70.0 Å². The van der Waals surface area contributed by atoms with Crippen LogP contribution in [0.25, 0.3) is 4.85 Å². The van der Waals surface area contributed by atoms with Gasteiger partial charge in [-0.1, -0.05) is 0 Å². The van der Waals surface area contributed by atoms with E-state index in [1.807, 2.05) is 12.1 Å². The van der Waals surface area contributed by atoms with Crippen molar-refractivity contribution in [3.63, 3.8) is 0 Å². The van der Waals surface area contributed by atoms with Gasteiger partial charge >= 0.3 is 22.7 Å². The van der Waals surface area contributed by atoms with E-state index in [1.54, 1.807) is 104 Å². The maximum absolute atomic E-state index is 15.5. The van der Waals surface area contributed by atoms with Crippen molar-refractivity contribution >= 4 is 45.8 Å². The van der Waals surface area contributed by atoms with Crippen molar-refractivity contribution in [1.29, 1.82) is 0 Å². The van der Waals surface area contributed by atoms with Gasteiger partial charge in [0.1, 0.15) is 40.3 Å². The van der Waals surface area contributed by atoms with Crippen molar-refractivity contribution in [2.75, 3.05) is 33.5 Å². The highest BCUT2D eigenvalue weighted by atomic mass is 19.1. The number of benzene rings is 10. The molecule has 10 aromatic rings. The molecule has 0 spiro atoms. The quantitative estimate of drug-likeness (QED) is 0.0302. The number of hydrogen-bond donors (Lipinski definition) is 1. The molecule has 1 N–H and O–H groups in total. The number of ketones is 3. The monoisotopic (exact) mass is 1350 g/mol. The zero-order valence-corrected chi connectivity index (χ0v) is 51.0. The Kier molecular flexibility index (Phi) is 19.4. The first-order valence-electron chi connectivity index (χ1n) is 29.2. The highest BCUT2D eigenvalue weighted by Gasteiger charge is 2.42. The lowest BCUT2D eigenvalue weighted by molar-refractivity contribution is -0.387. The number of rotatable bonds is 21. The molecule has 10 aromatic carbocycles. The Labute approximate surface area is 556 Å². The summed E-state index contributed by atoms with van der Waals surface area (Å²) in [6, 6.07) is 48.1. The summed E-state index contributed by atoms with van der Waals surface area (Å²) in [5.74, 6) is -7.55. The zero-order valence-electron chi connectivity index (χ0n) is 51.0. The van der Waals surface area contributed by atoms with Crippen molar-refractivity contribution in [3.05, 3.63) is 331 Å². The predicted octanol–water partition coefficient (Wildman–Crippen LogP) is 15.3. The highest BCUT2D eigenvalue weighted by molar-refractivity contribution is 6.11. The van der Waals surface area contributed by atoms with Gasteiger partial charge in [0.25, 0.3) is 5.69 Å². The van der Waals surface area contributed by atoms with Gasteiger partial charge in [0.05, 0.1) is 65.4 Å². The number of ether oxygens (including phenoxy) is 8. The second-order valence-electron chi connectivity index (χ2n) is 21.4. The van der Waals surface area contributed by atoms with Crippen molar-refractivity contribution in [1.82, 2.24) is 0 Å². The molecule has 28 heteroatoms. The number of methoxy groups -OCH3 is 1. The third kappa shape index (κ3) is 14.0. The van der Waals surface area contributed by atoms with Crippen LogP contribution >= 0.6 is 0 Å². The minimum atomic E-state index is -1.47. The number of nitro groups is 4. The van der Waals surface area contributed by atoms with E-state index in [2.05, 4.69) is 4.85 Å². The van der Waals surface area contributed by atoms with Crippen LogP contribution in [0.4, 0.5) is 41.6 Å². The number of phenols is 1. The molecule has 496 valence electrons. The minimum absolute atomic E-state index is 0.0387. The van der Waals surface area contributed by atoms with E-state index in [0.29, 0.717) is 82.0 Å². The summed E-state index contributed by atoms with van der Waals surface area (Å²) in [6.45, 7) is 8.64. The standard InChI is InChI=1S/C42H29FN2O11.C29H17F2N3O9/c1-52-32-12-2-26(3-13-32)40(46)27-4-14-33(15-5-27)55-34-16-8-30(9-17-34)42(53-22-23-54-42)31-10-18-35(19-11-31)56-39-21-7-29(25-38(39)45(50)51)41(47)28-6-20-36(43)37(24-28)44(48)49;1-32-26-25(31)21(27(36)16-2-11-22(30)23(14-16)33(37)38)15-24(34(39)40)28(26)43-20-9-5-18(6-10-20)29(41-12-13-42-29)17-3-7-19(35)8-4-17/h2-21,24-25H,22-23H2,1H3;2-11,14-15,35H,12-13H2. The molecule has 0 amide bonds. The van der Waals surface area contributed by atoms with Crippen LogP contribution in [-0.2, 0) is 30.5 Å². The molecule has 2 aliphatic heterocycles. The summed E-state index contributed by atoms with van der Waals surface area (Å²) in [4.78, 5) is 84.3. The zero-order chi connectivity index (χ0) is 70.3. The Morgan fingerprint density at radius 1 is 0.434 bits per heavy atom. The van der Waals surface area contributed by atoms with Crippen LogP contribution in [0.3, 0.4) is 0 Å². The van der Waals surface area contributed by atoms with E-state index in [0.717, 1.165) is 30.3 Å². The molecule has 0 saturated carbocycles. The maximum Gasteiger partial charge on any atom is 0.312 e. The molecule has 2 fully saturated rings. The maximum atomic E-state index is 15.5. The largest absolute Gasteiger partial charge is 0.508 e. The molecule has 0 aliphatic carbocycles. The molecule has 2 heterocycles. The molecular formula is C71H46F3N5O20. The van der Waals surface area contributed by atoms with Gasteiger partial charge < -0.3 is 43.0 Å². The average molecular weight is 1350 g/mol. The first-order valence-corrected chi connectivity index (χ1v) is 29.2. The van der Waals surface area contributed by atoms with Crippen LogP contribution < -0.4 is 18.9 Å². The first kappa shape index (κ1) is 67.4. The van der Waals surface area contributed by atoms with E-state index >= 15 is 4.39 Å². The number of nitro benzene ring substituents is 4. The second-order valence-corrected chi connectivity index (χ2v) is 21.4. The van der Waals surface area contributed by atoms with E-state index in [9.17, 15) is 68.7 Å². The van der Waals surface area contributed by atoms with E-state index < -0.39 is 106 Å². The number of nitrogens with zero attached hydrogens (tertiary/aromatic N) is 5. The van der Waals surface area contributed by atoms with Crippen LogP contribution in [-0.4, -0.2) is 75.7 Å². The van der Waals surface area contributed by atoms with Gasteiger partial charge in [-0.25, -0.2) is 9.24 Å². The molecule has 0 radical (unpaired) electrons. The summed E-state index contributed by atoms with van der Waals surface area (Å²) < 4.78 is 89.8. The summed E-state index contributed by atoms with van der Waals surface area (Å²) in [6.07, 6.45) is 0. The Morgan fingerprint density at radius 3 is 1.19 bits per heavy atom. The van der Waals surface area contributed by atoms with Crippen LogP contribution in [0.2, 0.25) is 0 Å². The van der Waals surface area contributed by atoms with Gasteiger partial charge in [0.15, 0.2) is 17.3 Å². The van der Waals surface area contributed by atoms with Crippen molar-refractivity contribution in [2.24, 2.45) is 0 Å². The molecule has 12 rings (SSSR count). The SMILES string of the molecule is COc1ccc(C(=O)c2ccc(Oc3ccc(C4(c5ccc(Oc6ccc(C(=O)c7ccc(F)c([N+](=O)[O-])c7)cc6[N+](=O)[O-])cc5)OCCO4)cc3)cc2)cc1.[C-]#[N+]c1c(F)c(C(=O)c2ccc(F)c([N+](=O)[O-])c2)cc([N+](=O)[O-])c1Oc1ccc(C2(c3ccc(O)cc3)OCCO2)cc1. The van der Waals surface area contributed by atoms with Gasteiger partial charge in [-0.15, -0.1) is 0 Å². The Bertz CT molecular complexity index is 4870. The normalized spacial score (nSPS) is 13.4. The fourth-order valence-electron chi connectivity index (χ4n) is 10.6. The van der Waals surface area contributed by atoms with Crippen LogP contribution in [0.15, 0.2) is 206 Å². The molecule has 0 unspecified atom stereocenters. The lowest BCUT2D eigenvalue weighted by atomic mass is 9.97. The van der Waals surface area contributed by atoms with Gasteiger partial charge in [0, 0.05) is 74.3 Å². The van der Waals surface area contributed by atoms with Crippen molar-refractivity contribution in [3.8, 4) is 46.0 Å². The average Bonchev–Trinajstić information content (AvgIpc) is 1.77. The summed E-state index contributed by atoms with van der Waals surface area (Å²) in [7, 11) is 1.56. The van der Waals surface area contributed by atoms with Gasteiger partial charge in [-0.2, -0.15) is 8.78 Å². The summed E-state index contributed by atoms with van der Waals surface area (Å²) in [5.41, 5.74) is -2.80. The Balaban J connectivity index is 0.000000207. The third-order valence-corrected chi connectivity index (χ3v) is 15.4. The summed E-state index contributed by atoms with van der Waals surface area (Å²) >= 11 is 0. The smallest absolute Gasteiger partial charge is 0.312 e. The molecule has 0 atom stereocenters. The number of halogens is 3. The number of hydrogen-bond acceptors (Lipinski definition) is 20. The lowest BCUT2D eigenvalue weighted by Gasteiger charge is -2.28. The van der Waals surface area contributed by atoms with Gasteiger partial charge in [-0.05, 0) is 182 Å². The van der Waals surface area contributed by atoms with Crippen molar-refractivity contribution < 1.29 is 90.2 Å². The van der Waals surface area contributed by atoms with Crippen molar-refractivity contribution in [2.45, 2.75) is 11.6 Å².